The van der Waals surface area contributed by atoms with Crippen molar-refractivity contribution in [2.45, 2.75) is 26.4 Å². The molecule has 1 heterocycles. The summed E-state index contributed by atoms with van der Waals surface area (Å²) in [5.74, 6) is -0.513. The molecule has 0 aliphatic heterocycles. The number of pyridine rings is 1. The van der Waals surface area contributed by atoms with Crippen LogP contribution in [0.1, 0.15) is 17.0 Å². The summed E-state index contributed by atoms with van der Waals surface area (Å²) in [4.78, 5) is 3.79. The second-order valence-corrected chi connectivity index (χ2v) is 3.09. The molecule has 0 bridgehead atoms. The Labute approximate surface area is 89.9 Å². The molecule has 4 nitrogen and oxygen atoms in total. The number of hydrogen-bond acceptors (Lipinski definition) is 4. The Morgan fingerprint density at radius 1 is 1.50 bits per heavy atom. The summed E-state index contributed by atoms with van der Waals surface area (Å²) in [6, 6.07) is 1.14. The molecular formula is C9H11F3N2O2. The van der Waals surface area contributed by atoms with E-state index in [0.29, 0.717) is 11.3 Å². The summed E-state index contributed by atoms with van der Waals surface area (Å²) in [6.45, 7) is 1.02. The van der Waals surface area contributed by atoms with Crippen molar-refractivity contribution in [2.75, 3.05) is 0 Å². The van der Waals surface area contributed by atoms with E-state index < -0.39 is 18.7 Å². The highest BCUT2D eigenvalue weighted by atomic mass is 19.4. The zero-order valence-corrected chi connectivity index (χ0v) is 8.51. The molecule has 3 N–H and O–H groups in total. The lowest BCUT2D eigenvalue weighted by atomic mass is 10.1. The topological polar surface area (TPSA) is 68.4 Å². The Hall–Kier alpha value is -1.34. The van der Waals surface area contributed by atoms with E-state index in [1.165, 1.54) is 0 Å². The van der Waals surface area contributed by atoms with Gasteiger partial charge in [0.15, 0.2) is 5.75 Å². The van der Waals surface area contributed by atoms with Crippen LogP contribution in [0.5, 0.6) is 5.75 Å². The second kappa shape index (κ2) is 4.67. The average Bonchev–Trinajstić information content (AvgIpc) is 2.18. The number of rotatable bonds is 3. The molecular weight excluding hydrogens is 225 g/mol. The van der Waals surface area contributed by atoms with Gasteiger partial charge in [-0.2, -0.15) is 0 Å². The van der Waals surface area contributed by atoms with Crippen LogP contribution < -0.4 is 10.5 Å². The van der Waals surface area contributed by atoms with Gasteiger partial charge in [-0.3, -0.25) is 4.98 Å². The van der Waals surface area contributed by atoms with Crippen molar-refractivity contribution in [3.05, 3.63) is 23.0 Å². The Morgan fingerprint density at radius 3 is 2.56 bits per heavy atom. The van der Waals surface area contributed by atoms with Crippen LogP contribution in [-0.2, 0) is 13.2 Å². The molecule has 0 aliphatic carbocycles. The number of ether oxygens (including phenoxy) is 1. The SMILES string of the molecule is Cc1nc(CO)c(OC(F)(F)F)cc1CN. The number of aryl methyl sites for hydroxylation is 1. The molecule has 0 radical (unpaired) electrons. The van der Waals surface area contributed by atoms with E-state index >= 15 is 0 Å². The maximum Gasteiger partial charge on any atom is 0.573 e. The van der Waals surface area contributed by atoms with Crippen LogP contribution in [0.25, 0.3) is 0 Å². The number of alkyl halides is 3. The molecule has 0 atom stereocenters. The van der Waals surface area contributed by atoms with Crippen LogP contribution in [0.2, 0.25) is 0 Å². The van der Waals surface area contributed by atoms with Gasteiger partial charge >= 0.3 is 6.36 Å². The van der Waals surface area contributed by atoms with E-state index in [1.54, 1.807) is 6.92 Å². The van der Waals surface area contributed by atoms with Crippen molar-refractivity contribution >= 4 is 0 Å². The molecule has 1 aromatic rings. The van der Waals surface area contributed by atoms with Crippen LogP contribution in [0.4, 0.5) is 13.2 Å². The predicted molar refractivity (Wildman–Crippen MR) is 49.5 cm³/mol. The highest BCUT2D eigenvalue weighted by molar-refractivity contribution is 5.35. The summed E-state index contributed by atoms with van der Waals surface area (Å²) < 4.78 is 39.8. The van der Waals surface area contributed by atoms with Crippen molar-refractivity contribution in [3.63, 3.8) is 0 Å². The quantitative estimate of drug-likeness (QED) is 0.828. The lowest BCUT2D eigenvalue weighted by molar-refractivity contribution is -0.275. The first-order valence-corrected chi connectivity index (χ1v) is 4.43. The molecule has 0 aromatic carbocycles. The minimum Gasteiger partial charge on any atom is -0.404 e. The highest BCUT2D eigenvalue weighted by Crippen LogP contribution is 2.27. The molecule has 90 valence electrons. The number of nitrogens with zero attached hydrogens (tertiary/aromatic N) is 1. The standard InChI is InChI=1S/C9H11F3N2O2/c1-5-6(3-13)2-8(7(4-15)14-5)16-9(10,11)12/h2,15H,3-4,13H2,1H3. The molecule has 0 fully saturated rings. The maximum atomic E-state index is 12.0. The van der Waals surface area contributed by atoms with E-state index in [2.05, 4.69) is 9.72 Å². The number of aliphatic hydroxyl groups excluding tert-OH is 1. The summed E-state index contributed by atoms with van der Waals surface area (Å²) in [6.07, 6.45) is -4.81. The average molecular weight is 236 g/mol. The van der Waals surface area contributed by atoms with Crippen LogP contribution in [0, 0.1) is 6.92 Å². The van der Waals surface area contributed by atoms with E-state index in [-0.39, 0.29) is 12.2 Å². The molecule has 7 heteroatoms. The van der Waals surface area contributed by atoms with Crippen molar-refractivity contribution in [3.8, 4) is 5.75 Å². The normalized spacial score (nSPS) is 11.6. The van der Waals surface area contributed by atoms with Gasteiger partial charge in [0, 0.05) is 12.2 Å². The molecule has 0 spiro atoms. The van der Waals surface area contributed by atoms with Crippen molar-refractivity contribution in [1.82, 2.24) is 4.98 Å². The first kappa shape index (κ1) is 12.7. The fourth-order valence-electron chi connectivity index (χ4n) is 1.21. The van der Waals surface area contributed by atoms with Crippen LogP contribution in [0.15, 0.2) is 6.07 Å². The smallest absolute Gasteiger partial charge is 0.404 e. The van der Waals surface area contributed by atoms with Crippen molar-refractivity contribution < 1.29 is 23.0 Å². The molecule has 1 rings (SSSR count). The first-order valence-electron chi connectivity index (χ1n) is 4.43. The number of hydrogen-bond donors (Lipinski definition) is 2. The fraction of sp³-hybridized carbons (Fsp3) is 0.444. The lowest BCUT2D eigenvalue weighted by Gasteiger charge is -2.14. The third-order valence-electron chi connectivity index (χ3n) is 1.95. The Morgan fingerprint density at radius 2 is 2.12 bits per heavy atom. The number of halogens is 3. The Kier molecular flexibility index (Phi) is 3.71. The Bertz CT molecular complexity index is 380. The lowest BCUT2D eigenvalue weighted by Crippen LogP contribution is -2.19. The zero-order valence-electron chi connectivity index (χ0n) is 8.51. The van der Waals surface area contributed by atoms with Gasteiger partial charge in [0.25, 0.3) is 0 Å². The van der Waals surface area contributed by atoms with E-state index in [9.17, 15) is 13.2 Å². The third kappa shape index (κ3) is 3.07. The van der Waals surface area contributed by atoms with Gasteiger partial charge in [0.1, 0.15) is 5.69 Å². The molecule has 0 amide bonds. The second-order valence-electron chi connectivity index (χ2n) is 3.09. The van der Waals surface area contributed by atoms with Crippen LogP contribution >= 0.6 is 0 Å². The third-order valence-corrected chi connectivity index (χ3v) is 1.95. The van der Waals surface area contributed by atoms with Crippen molar-refractivity contribution in [2.24, 2.45) is 5.73 Å². The van der Waals surface area contributed by atoms with Gasteiger partial charge < -0.3 is 15.6 Å². The van der Waals surface area contributed by atoms with Gasteiger partial charge in [0.2, 0.25) is 0 Å². The molecule has 0 saturated heterocycles. The number of nitrogens with two attached hydrogens (primary N) is 1. The van der Waals surface area contributed by atoms with Gasteiger partial charge in [-0.1, -0.05) is 0 Å². The van der Waals surface area contributed by atoms with Crippen molar-refractivity contribution in [1.29, 1.82) is 0 Å². The molecule has 0 saturated carbocycles. The molecule has 16 heavy (non-hydrogen) atoms. The van der Waals surface area contributed by atoms with Crippen LogP contribution in [-0.4, -0.2) is 16.5 Å². The predicted octanol–water partition coefficient (Wildman–Crippen LogP) is 1.24. The molecule has 0 unspecified atom stereocenters. The maximum absolute atomic E-state index is 12.0. The van der Waals surface area contributed by atoms with E-state index in [4.69, 9.17) is 10.8 Å². The first-order chi connectivity index (χ1) is 7.37. The highest BCUT2D eigenvalue weighted by Gasteiger charge is 2.32. The summed E-state index contributed by atoms with van der Waals surface area (Å²) in [7, 11) is 0. The van der Waals surface area contributed by atoms with E-state index in [0.717, 1.165) is 6.07 Å². The number of aliphatic hydroxyl groups is 1. The fourth-order valence-corrected chi connectivity index (χ4v) is 1.21. The van der Waals surface area contributed by atoms with Gasteiger partial charge in [0.05, 0.1) is 6.61 Å². The monoisotopic (exact) mass is 236 g/mol. The zero-order chi connectivity index (χ0) is 12.3. The van der Waals surface area contributed by atoms with Gasteiger partial charge in [-0.05, 0) is 18.6 Å². The largest absolute Gasteiger partial charge is 0.573 e. The molecule has 0 aliphatic rings. The minimum absolute atomic E-state index is 0.0543. The summed E-state index contributed by atoms with van der Waals surface area (Å²) >= 11 is 0. The van der Waals surface area contributed by atoms with Crippen LogP contribution in [0.3, 0.4) is 0 Å². The summed E-state index contributed by atoms with van der Waals surface area (Å²) in [5.41, 5.74) is 6.09. The van der Waals surface area contributed by atoms with Gasteiger partial charge in [-0.25, -0.2) is 0 Å². The number of aromatic nitrogens is 1. The van der Waals surface area contributed by atoms with E-state index in [1.807, 2.05) is 0 Å². The Balaban J connectivity index is 3.15. The molecule has 1 aromatic heterocycles. The summed E-state index contributed by atoms with van der Waals surface area (Å²) in [5, 5.41) is 8.86. The van der Waals surface area contributed by atoms with Gasteiger partial charge in [-0.15, -0.1) is 13.2 Å². The minimum atomic E-state index is -4.81.